The van der Waals surface area contributed by atoms with Gasteiger partial charge in [-0.3, -0.25) is 9.59 Å². The van der Waals surface area contributed by atoms with Gasteiger partial charge in [0.2, 0.25) is 11.8 Å². The van der Waals surface area contributed by atoms with Gasteiger partial charge in [0.25, 0.3) is 0 Å². The summed E-state index contributed by atoms with van der Waals surface area (Å²) in [5.41, 5.74) is 6.45. The molecule has 18 heteroatoms. The van der Waals surface area contributed by atoms with Gasteiger partial charge < -0.3 is 73.6 Å². The molecule has 0 aromatic heterocycles. The number of fused-ring (bicyclic) bond motifs is 2. The minimum atomic E-state index is -0.713. The van der Waals surface area contributed by atoms with E-state index in [1.54, 1.807) is 14.7 Å². The van der Waals surface area contributed by atoms with Crippen molar-refractivity contribution in [3.8, 4) is 0 Å². The van der Waals surface area contributed by atoms with E-state index in [1.807, 2.05) is 139 Å². The first-order valence-electron chi connectivity index (χ1n) is 25.0. The summed E-state index contributed by atoms with van der Waals surface area (Å²) in [5.74, 6) is 0.378. The topological polar surface area (TPSA) is 185 Å². The number of carbonyl (C=O) groups is 6. The average molecular weight is 1150 g/mol. The Morgan fingerprint density at radius 1 is 0.662 bits per heavy atom. The van der Waals surface area contributed by atoms with Gasteiger partial charge in [-0.25, -0.2) is 19.2 Å². The molecule has 0 spiro atoms. The maximum absolute atomic E-state index is 13.2. The Balaban J connectivity index is 0.000000271. The Labute approximate surface area is 456 Å². The summed E-state index contributed by atoms with van der Waals surface area (Å²) in [4.78, 5) is 81.2. The summed E-state index contributed by atoms with van der Waals surface area (Å²) >= 11 is 0. The van der Waals surface area contributed by atoms with Crippen molar-refractivity contribution >= 4 is 58.5 Å². The predicted molar refractivity (Wildman–Crippen MR) is 284 cm³/mol. The first-order valence-corrected chi connectivity index (χ1v) is 27.2. The molecular formula is C56H73IN6O10S. The number of rotatable bonds is 12. The van der Waals surface area contributed by atoms with E-state index in [4.69, 9.17) is 18.9 Å². The standard InChI is InChI=1S/C29H39N3O5S.C27H33N3O5.HI/c1-29(2,3)37-28(35)32-16-9-12-22-18-24(14-13-23(22)19-32)30-26(33)25(15-17-38(4)5)31-27(34)36-20-21-10-7-6-8-11-21;1-27(2,3)35-26(33)29-14-7-10-20-16-22(12-11-21(20)17-29)30-15-13-23(24(30)31)28-25(32)34-18-19-8-5-4-6-9-19;/h6-8,10-11,13-14,18,25H,9,12,15-17,19-20H2,1-5H3,(H-,30,31,33,34);4-6,8-9,11-12,16,23H,7,10,13-15,17-18H2,1-3H3,(H,28,32);1H/t25-;23-;/m00./s1. The molecule has 0 aliphatic carbocycles. The summed E-state index contributed by atoms with van der Waals surface area (Å²) in [6.07, 6.45) is 6.63. The number of carbonyl (C=O) groups excluding carboxylic acids is 6. The van der Waals surface area contributed by atoms with Crippen LogP contribution in [0.25, 0.3) is 0 Å². The molecule has 1 saturated heterocycles. The number of nitrogens with one attached hydrogen (secondary N) is 3. The van der Waals surface area contributed by atoms with Crippen LogP contribution >= 0.6 is 0 Å². The molecule has 400 valence electrons. The Kier molecular flexibility index (Phi) is 21.9. The number of benzene rings is 4. The van der Waals surface area contributed by atoms with E-state index in [9.17, 15) is 28.8 Å². The van der Waals surface area contributed by atoms with E-state index in [2.05, 4.69) is 28.5 Å². The highest BCUT2D eigenvalue weighted by Crippen LogP contribution is 2.29. The highest BCUT2D eigenvalue weighted by molar-refractivity contribution is 7.95. The highest BCUT2D eigenvalue weighted by Gasteiger charge is 2.35. The highest BCUT2D eigenvalue weighted by atomic mass is 127. The Hall–Kier alpha value is -6.02. The van der Waals surface area contributed by atoms with Crippen LogP contribution in [0.1, 0.15) is 101 Å². The Morgan fingerprint density at radius 3 is 1.70 bits per heavy atom. The fourth-order valence-electron chi connectivity index (χ4n) is 8.45. The molecule has 3 N–H and O–H groups in total. The quantitative estimate of drug-likeness (QED) is 0.0830. The monoisotopic (exact) mass is 1150 g/mol. The van der Waals surface area contributed by atoms with Gasteiger partial charge in [-0.05, 0) is 142 Å². The zero-order valence-corrected chi connectivity index (χ0v) is 47.0. The molecule has 7 rings (SSSR count). The molecule has 2 atom stereocenters. The number of amides is 6. The molecule has 74 heavy (non-hydrogen) atoms. The minimum Gasteiger partial charge on any atom is -1.00 e. The van der Waals surface area contributed by atoms with Crippen molar-refractivity contribution in [1.29, 1.82) is 0 Å². The normalized spacial score (nSPS) is 15.8. The maximum Gasteiger partial charge on any atom is 0.410 e. The maximum atomic E-state index is 13.2. The van der Waals surface area contributed by atoms with Crippen LogP contribution in [0, 0.1) is 0 Å². The zero-order valence-electron chi connectivity index (χ0n) is 44.0. The van der Waals surface area contributed by atoms with Gasteiger partial charge in [0.05, 0.1) is 12.5 Å². The minimum absolute atomic E-state index is 0. The predicted octanol–water partition coefficient (Wildman–Crippen LogP) is 6.28. The molecule has 6 amide bonds. The molecule has 3 heterocycles. The Bertz CT molecular complexity index is 2540. The lowest BCUT2D eigenvalue weighted by Gasteiger charge is -2.26. The van der Waals surface area contributed by atoms with Crippen molar-refractivity contribution in [1.82, 2.24) is 20.4 Å². The van der Waals surface area contributed by atoms with Gasteiger partial charge in [0, 0.05) is 50.5 Å². The number of hydrogen-bond donors (Lipinski definition) is 3. The van der Waals surface area contributed by atoms with Gasteiger partial charge in [-0.1, -0.05) is 72.8 Å². The van der Waals surface area contributed by atoms with Crippen LogP contribution in [0.5, 0.6) is 0 Å². The summed E-state index contributed by atoms with van der Waals surface area (Å²) in [6, 6.07) is 29.2. The summed E-state index contributed by atoms with van der Waals surface area (Å²) in [6.45, 7) is 14.2. The van der Waals surface area contributed by atoms with Crippen LogP contribution in [-0.4, -0.2) is 107 Å². The fourth-order valence-corrected chi connectivity index (χ4v) is 9.16. The van der Waals surface area contributed by atoms with Crippen molar-refractivity contribution in [2.45, 2.75) is 130 Å². The molecule has 0 unspecified atom stereocenters. The molecule has 0 saturated carbocycles. The molecule has 4 aromatic rings. The van der Waals surface area contributed by atoms with E-state index in [0.29, 0.717) is 51.3 Å². The second kappa shape index (κ2) is 27.5. The van der Waals surface area contributed by atoms with Gasteiger partial charge >= 0.3 is 24.4 Å². The number of nitrogens with zero attached hydrogens (tertiary/aromatic N) is 3. The lowest BCUT2D eigenvalue weighted by atomic mass is 10.0. The summed E-state index contributed by atoms with van der Waals surface area (Å²) in [7, 11) is 0.120. The van der Waals surface area contributed by atoms with Crippen LogP contribution in [0.15, 0.2) is 97.1 Å². The largest absolute Gasteiger partial charge is 1.00 e. The lowest BCUT2D eigenvalue weighted by Crippen LogP contribution is -3.00. The third-order valence-electron chi connectivity index (χ3n) is 12.1. The van der Waals surface area contributed by atoms with Gasteiger partial charge in [0.1, 0.15) is 42.3 Å². The SMILES string of the molecule is CC(C)(C)OC(=O)N1CCCc2cc(N3CC[C@H](NC(=O)OCc4ccccc4)C3=O)ccc2C1.C[S+](C)CC[C@H](NC(=O)OCc1ccccc1)C(=O)Nc1ccc2c(c1)CCCN(C(=O)OC(C)(C)C)C2.[I-]. The first kappa shape index (κ1) is 58.9. The van der Waals surface area contributed by atoms with E-state index in [1.165, 1.54) is 0 Å². The van der Waals surface area contributed by atoms with Crippen molar-refractivity contribution in [2.24, 2.45) is 0 Å². The van der Waals surface area contributed by atoms with E-state index < -0.39 is 35.5 Å². The van der Waals surface area contributed by atoms with Gasteiger partial charge in [0.15, 0.2) is 0 Å². The summed E-state index contributed by atoms with van der Waals surface area (Å²) < 4.78 is 21.7. The lowest BCUT2D eigenvalue weighted by molar-refractivity contribution is -0.119. The second-order valence-corrected chi connectivity index (χ2v) is 23.1. The third kappa shape index (κ3) is 18.7. The van der Waals surface area contributed by atoms with Crippen molar-refractivity contribution in [2.75, 3.05) is 48.1 Å². The average Bonchev–Trinajstić information content (AvgIpc) is 3.47. The number of anilines is 2. The van der Waals surface area contributed by atoms with Crippen LogP contribution in [-0.2, 0) is 78.6 Å². The molecule has 0 radical (unpaired) electrons. The van der Waals surface area contributed by atoms with Crippen LogP contribution in [0.4, 0.5) is 30.6 Å². The Morgan fingerprint density at radius 2 is 1.18 bits per heavy atom. The number of halogens is 1. The molecule has 3 aliphatic rings. The van der Waals surface area contributed by atoms with Crippen LogP contribution in [0.3, 0.4) is 0 Å². The van der Waals surface area contributed by atoms with Gasteiger partial charge in [-0.2, -0.15) is 0 Å². The van der Waals surface area contributed by atoms with Crippen molar-refractivity contribution in [3.63, 3.8) is 0 Å². The van der Waals surface area contributed by atoms with Crippen molar-refractivity contribution in [3.05, 3.63) is 130 Å². The van der Waals surface area contributed by atoms with Gasteiger partial charge in [-0.15, -0.1) is 0 Å². The smallest absolute Gasteiger partial charge is 0.410 e. The fraction of sp³-hybridized carbons (Fsp3) is 0.464. The number of alkyl carbamates (subject to hydrolysis) is 2. The zero-order chi connectivity index (χ0) is 52.7. The first-order chi connectivity index (χ1) is 34.7. The van der Waals surface area contributed by atoms with Crippen LogP contribution in [0.2, 0.25) is 0 Å². The number of aryl methyl sites for hydroxylation is 2. The third-order valence-corrected chi connectivity index (χ3v) is 13.1. The van der Waals surface area contributed by atoms with E-state index in [-0.39, 0.29) is 72.1 Å². The summed E-state index contributed by atoms with van der Waals surface area (Å²) in [5, 5.41) is 8.41. The molecule has 3 aliphatic heterocycles. The van der Waals surface area contributed by atoms with Crippen molar-refractivity contribution < 1.29 is 71.7 Å². The number of ether oxygens (including phenoxy) is 4. The molecule has 1 fully saturated rings. The molecule has 16 nitrogen and oxygen atoms in total. The van der Waals surface area contributed by atoms with E-state index in [0.717, 1.165) is 70.5 Å². The molecular weight excluding hydrogens is 1080 g/mol. The molecule has 0 bridgehead atoms. The number of hydrogen-bond acceptors (Lipinski definition) is 10. The van der Waals surface area contributed by atoms with Crippen LogP contribution < -0.4 is 44.8 Å². The van der Waals surface area contributed by atoms with E-state index >= 15 is 0 Å². The second-order valence-electron chi connectivity index (χ2n) is 20.7. The molecule has 4 aromatic carbocycles.